The molecule has 9 heteroatoms. The van der Waals surface area contributed by atoms with Gasteiger partial charge in [-0.1, -0.05) is 0 Å². The summed E-state index contributed by atoms with van der Waals surface area (Å²) in [6.07, 6.45) is 3.88. The van der Waals surface area contributed by atoms with Crippen LogP contribution in [0.4, 0.5) is 5.82 Å². The highest BCUT2D eigenvalue weighted by Crippen LogP contribution is 2.17. The first-order valence-electron chi connectivity index (χ1n) is 8.51. The van der Waals surface area contributed by atoms with Crippen molar-refractivity contribution in [2.24, 2.45) is 0 Å². The number of carbonyl (C=O) groups is 1. The maximum Gasteiger partial charge on any atom is 0.309 e. The van der Waals surface area contributed by atoms with Gasteiger partial charge < -0.3 is 24.5 Å². The van der Waals surface area contributed by atoms with Crippen molar-refractivity contribution < 1.29 is 19.0 Å². The lowest BCUT2D eigenvalue weighted by Crippen LogP contribution is -2.12. The van der Waals surface area contributed by atoms with Crippen LogP contribution in [0.3, 0.4) is 0 Å². The third-order valence-electron chi connectivity index (χ3n) is 3.87. The molecule has 0 radical (unpaired) electrons. The van der Waals surface area contributed by atoms with Crippen LogP contribution in [0.15, 0.2) is 36.9 Å². The molecule has 0 saturated carbocycles. The number of fused-ring (bicyclic) bond motifs is 1. The predicted octanol–water partition coefficient (Wildman–Crippen LogP) is 1.82. The monoisotopic (exact) mass is 371 g/mol. The molecular weight excluding hydrogens is 350 g/mol. The number of imidazole rings is 1. The molecule has 2 heterocycles. The molecule has 0 atom stereocenters. The highest BCUT2D eigenvalue weighted by atomic mass is 16.5. The topological polar surface area (TPSA) is 114 Å². The van der Waals surface area contributed by atoms with Crippen molar-refractivity contribution in [3.8, 4) is 11.5 Å². The Kier molecular flexibility index (Phi) is 6.03. The molecule has 142 valence electrons. The molecule has 3 rings (SSSR count). The van der Waals surface area contributed by atoms with E-state index in [-0.39, 0.29) is 19.0 Å². The van der Waals surface area contributed by atoms with Crippen molar-refractivity contribution in [1.82, 2.24) is 19.5 Å². The molecule has 2 N–H and O–H groups in total. The Morgan fingerprint density at radius 3 is 2.67 bits per heavy atom. The molecule has 0 spiro atoms. The summed E-state index contributed by atoms with van der Waals surface area (Å²) in [6, 6.07) is 7.17. The maximum atomic E-state index is 11.8. The van der Waals surface area contributed by atoms with E-state index in [2.05, 4.69) is 15.0 Å². The minimum atomic E-state index is -0.300. The van der Waals surface area contributed by atoms with Gasteiger partial charge in [0.2, 0.25) is 0 Å². The zero-order chi connectivity index (χ0) is 19.1. The summed E-state index contributed by atoms with van der Waals surface area (Å²) in [6.45, 7) is 1.18. The molecule has 0 aliphatic rings. The molecule has 2 aromatic heterocycles. The second-order valence-electron chi connectivity index (χ2n) is 5.72. The number of carbonyl (C=O) groups excluding carboxylic acids is 1. The molecule has 0 unspecified atom stereocenters. The van der Waals surface area contributed by atoms with Crippen LogP contribution in [-0.2, 0) is 16.1 Å². The summed E-state index contributed by atoms with van der Waals surface area (Å²) < 4.78 is 17.7. The number of hydrogen-bond acceptors (Lipinski definition) is 8. The van der Waals surface area contributed by atoms with Crippen molar-refractivity contribution in [2.45, 2.75) is 19.4 Å². The van der Waals surface area contributed by atoms with Crippen molar-refractivity contribution in [1.29, 1.82) is 0 Å². The van der Waals surface area contributed by atoms with Crippen molar-refractivity contribution in [2.75, 3.05) is 26.1 Å². The van der Waals surface area contributed by atoms with Crippen LogP contribution in [0.2, 0.25) is 0 Å². The molecule has 1 aromatic carbocycles. The Bertz CT molecular complexity index is 894. The number of methoxy groups -OCH3 is 1. The van der Waals surface area contributed by atoms with Crippen LogP contribution < -0.4 is 15.2 Å². The van der Waals surface area contributed by atoms with Gasteiger partial charge in [-0.15, -0.1) is 0 Å². The van der Waals surface area contributed by atoms with Crippen molar-refractivity contribution in [3.05, 3.63) is 36.9 Å². The van der Waals surface area contributed by atoms with Gasteiger partial charge in [-0.25, -0.2) is 15.0 Å². The van der Waals surface area contributed by atoms with Gasteiger partial charge in [0.1, 0.15) is 23.3 Å². The van der Waals surface area contributed by atoms with E-state index in [1.165, 1.54) is 6.33 Å². The maximum absolute atomic E-state index is 11.8. The third kappa shape index (κ3) is 4.84. The number of aromatic nitrogens is 4. The van der Waals surface area contributed by atoms with Crippen LogP contribution in [0.5, 0.6) is 11.5 Å². The molecule has 3 aromatic rings. The number of nitrogens with two attached hydrogens (primary N) is 1. The SMILES string of the molecule is COc1ccc(OCCC(=O)OCCCn2cnc3c(N)ncnc32)cc1. The standard InChI is InChI=1S/C18H21N5O4/c1-25-13-3-5-14(6-4-13)26-10-7-15(24)27-9-2-8-23-12-22-16-17(19)20-11-21-18(16)23/h3-6,11-12H,2,7-10H2,1H3,(H2,19,20,21). The summed E-state index contributed by atoms with van der Waals surface area (Å²) in [5.41, 5.74) is 7.00. The van der Waals surface area contributed by atoms with Crippen LogP contribution in [0.1, 0.15) is 12.8 Å². The fourth-order valence-corrected chi connectivity index (χ4v) is 2.48. The minimum Gasteiger partial charge on any atom is -0.497 e. The number of rotatable bonds is 9. The Labute approximate surface area is 156 Å². The van der Waals surface area contributed by atoms with Gasteiger partial charge in [0.25, 0.3) is 0 Å². The number of hydrogen-bond donors (Lipinski definition) is 1. The second-order valence-corrected chi connectivity index (χ2v) is 5.72. The molecule has 0 fully saturated rings. The van der Waals surface area contributed by atoms with E-state index in [0.29, 0.717) is 42.3 Å². The van der Waals surface area contributed by atoms with Gasteiger partial charge >= 0.3 is 5.97 Å². The molecule has 0 aliphatic carbocycles. The third-order valence-corrected chi connectivity index (χ3v) is 3.87. The first-order chi connectivity index (χ1) is 13.2. The van der Waals surface area contributed by atoms with Crippen LogP contribution in [0.25, 0.3) is 11.2 Å². The van der Waals surface area contributed by atoms with E-state index in [1.807, 2.05) is 4.57 Å². The zero-order valence-corrected chi connectivity index (χ0v) is 15.0. The fourth-order valence-electron chi connectivity index (χ4n) is 2.48. The van der Waals surface area contributed by atoms with Gasteiger partial charge in [-0.3, -0.25) is 4.79 Å². The molecule has 0 aliphatic heterocycles. The Morgan fingerprint density at radius 2 is 1.89 bits per heavy atom. The lowest BCUT2D eigenvalue weighted by atomic mass is 10.3. The largest absolute Gasteiger partial charge is 0.497 e. The number of aryl methyl sites for hydroxylation is 1. The highest BCUT2D eigenvalue weighted by Gasteiger charge is 2.08. The smallest absolute Gasteiger partial charge is 0.309 e. The lowest BCUT2D eigenvalue weighted by Gasteiger charge is -2.08. The Balaban J connectivity index is 1.35. The number of esters is 1. The number of ether oxygens (including phenoxy) is 3. The van der Waals surface area contributed by atoms with Crippen LogP contribution in [0, 0.1) is 0 Å². The molecule has 0 bridgehead atoms. The molecule has 9 nitrogen and oxygen atoms in total. The first kappa shape index (κ1) is 18.4. The number of nitrogen functional groups attached to an aromatic ring is 1. The second kappa shape index (κ2) is 8.84. The molecule has 0 amide bonds. The summed E-state index contributed by atoms with van der Waals surface area (Å²) in [4.78, 5) is 24.0. The Hall–Kier alpha value is -3.36. The number of anilines is 1. The molecular formula is C18H21N5O4. The van der Waals surface area contributed by atoms with Crippen LogP contribution in [-0.4, -0.2) is 45.8 Å². The van der Waals surface area contributed by atoms with E-state index < -0.39 is 0 Å². The quantitative estimate of drug-likeness (QED) is 0.447. The molecule has 27 heavy (non-hydrogen) atoms. The van der Waals surface area contributed by atoms with Gasteiger partial charge in [0.05, 0.1) is 33.1 Å². The average molecular weight is 371 g/mol. The summed E-state index contributed by atoms with van der Waals surface area (Å²) in [7, 11) is 1.60. The van der Waals surface area contributed by atoms with Crippen molar-refractivity contribution in [3.63, 3.8) is 0 Å². The number of nitrogens with zero attached hydrogens (tertiary/aromatic N) is 4. The summed E-state index contributed by atoms with van der Waals surface area (Å²) >= 11 is 0. The van der Waals surface area contributed by atoms with E-state index in [9.17, 15) is 4.79 Å². The van der Waals surface area contributed by atoms with E-state index in [0.717, 1.165) is 5.75 Å². The predicted molar refractivity (Wildman–Crippen MR) is 98.4 cm³/mol. The summed E-state index contributed by atoms with van der Waals surface area (Å²) in [5.74, 6) is 1.48. The normalized spacial score (nSPS) is 10.7. The number of benzene rings is 1. The van der Waals surface area contributed by atoms with Gasteiger partial charge in [-0.2, -0.15) is 0 Å². The van der Waals surface area contributed by atoms with Crippen molar-refractivity contribution >= 4 is 23.0 Å². The van der Waals surface area contributed by atoms with Gasteiger partial charge in [0, 0.05) is 6.54 Å². The van der Waals surface area contributed by atoms with E-state index >= 15 is 0 Å². The van der Waals surface area contributed by atoms with Gasteiger partial charge in [-0.05, 0) is 30.7 Å². The average Bonchev–Trinajstić information content (AvgIpc) is 3.10. The van der Waals surface area contributed by atoms with Gasteiger partial charge in [0.15, 0.2) is 11.5 Å². The molecule has 0 saturated heterocycles. The van der Waals surface area contributed by atoms with Crippen LogP contribution >= 0.6 is 0 Å². The zero-order valence-electron chi connectivity index (χ0n) is 15.0. The van der Waals surface area contributed by atoms with E-state index in [1.54, 1.807) is 37.7 Å². The fraction of sp³-hybridized carbons (Fsp3) is 0.333. The minimum absolute atomic E-state index is 0.184. The highest BCUT2D eigenvalue weighted by molar-refractivity contribution is 5.81. The first-order valence-corrected chi connectivity index (χ1v) is 8.51. The summed E-state index contributed by atoms with van der Waals surface area (Å²) in [5, 5.41) is 0. The van der Waals surface area contributed by atoms with E-state index in [4.69, 9.17) is 19.9 Å². The lowest BCUT2D eigenvalue weighted by molar-refractivity contribution is -0.144. The Morgan fingerprint density at radius 1 is 1.11 bits per heavy atom.